The zero-order chi connectivity index (χ0) is 21.9. The maximum absolute atomic E-state index is 13.2. The normalized spacial score (nSPS) is 17.0. The van der Waals surface area contributed by atoms with Gasteiger partial charge in [0.1, 0.15) is 0 Å². The summed E-state index contributed by atoms with van der Waals surface area (Å²) in [5.74, 6) is 0.770. The summed E-state index contributed by atoms with van der Waals surface area (Å²) in [7, 11) is 3.02. The van der Waals surface area contributed by atoms with E-state index < -0.39 is 11.9 Å². The van der Waals surface area contributed by atoms with Crippen LogP contribution in [-0.4, -0.2) is 47.9 Å². The number of rotatable bonds is 6. The number of nitrogens with zero attached hydrogens (tertiary/aromatic N) is 3. The van der Waals surface area contributed by atoms with E-state index in [1.54, 1.807) is 23.1 Å². The predicted octanol–water partition coefficient (Wildman–Crippen LogP) is 4.12. The van der Waals surface area contributed by atoms with Crippen molar-refractivity contribution in [1.29, 1.82) is 0 Å². The molecule has 0 bridgehead atoms. The number of amides is 1. The second kappa shape index (κ2) is 8.81. The van der Waals surface area contributed by atoms with Crippen molar-refractivity contribution < 1.29 is 27.4 Å². The summed E-state index contributed by atoms with van der Waals surface area (Å²) in [5, 5.41) is 3.67. The van der Waals surface area contributed by atoms with Gasteiger partial charge in [-0.05, 0) is 37.5 Å². The molecule has 0 radical (unpaired) electrons. The Hall–Kier alpha value is -2.97. The molecule has 30 heavy (non-hydrogen) atoms. The Bertz CT molecular complexity index is 924. The molecule has 1 aromatic carbocycles. The van der Waals surface area contributed by atoms with Crippen molar-refractivity contribution in [3.05, 3.63) is 53.9 Å². The third-order valence-corrected chi connectivity index (χ3v) is 5.12. The van der Waals surface area contributed by atoms with E-state index in [-0.39, 0.29) is 18.5 Å². The maximum atomic E-state index is 13.2. The molecule has 1 unspecified atom stereocenters. The number of hydrogen-bond acceptors (Lipinski definition) is 4. The highest BCUT2D eigenvalue weighted by molar-refractivity contribution is 5.95. The molecule has 1 atom stereocenters. The van der Waals surface area contributed by atoms with Crippen LogP contribution < -0.4 is 9.47 Å². The fourth-order valence-corrected chi connectivity index (χ4v) is 3.70. The lowest BCUT2D eigenvalue weighted by molar-refractivity contribution is -0.141. The fourth-order valence-electron chi connectivity index (χ4n) is 3.70. The zero-order valence-corrected chi connectivity index (χ0v) is 16.9. The van der Waals surface area contributed by atoms with E-state index in [0.29, 0.717) is 42.9 Å². The maximum Gasteiger partial charge on any atom is 0.435 e. The number of benzene rings is 1. The van der Waals surface area contributed by atoms with E-state index in [0.717, 1.165) is 11.6 Å². The average Bonchev–Trinajstić information content (AvgIpc) is 3.24. The van der Waals surface area contributed by atoms with Gasteiger partial charge >= 0.3 is 6.18 Å². The lowest BCUT2D eigenvalue weighted by atomic mass is 10.0. The number of piperidine rings is 1. The number of allylic oxidation sites excluding steroid dienone is 1. The molecular formula is C21H24F3N3O3. The first-order valence-corrected chi connectivity index (χ1v) is 9.56. The third kappa shape index (κ3) is 4.44. The molecule has 1 aromatic heterocycles. The van der Waals surface area contributed by atoms with E-state index in [4.69, 9.17) is 9.47 Å². The van der Waals surface area contributed by atoms with Crippen LogP contribution in [0.2, 0.25) is 0 Å². The largest absolute Gasteiger partial charge is 0.493 e. The van der Waals surface area contributed by atoms with Crippen LogP contribution in [0.5, 0.6) is 11.5 Å². The summed E-state index contributed by atoms with van der Waals surface area (Å²) in [6.07, 6.45) is 0.354. The van der Waals surface area contributed by atoms with E-state index in [1.807, 2.05) is 0 Å². The second-order valence-corrected chi connectivity index (χ2v) is 7.09. The summed E-state index contributed by atoms with van der Waals surface area (Å²) in [6, 6.07) is 4.00. The molecule has 0 aliphatic carbocycles. The van der Waals surface area contributed by atoms with Gasteiger partial charge in [0.2, 0.25) is 0 Å². The van der Waals surface area contributed by atoms with Crippen LogP contribution in [-0.2, 0) is 12.6 Å². The monoisotopic (exact) mass is 423 g/mol. The third-order valence-electron chi connectivity index (χ3n) is 5.12. The lowest BCUT2D eigenvalue weighted by Gasteiger charge is -2.33. The molecular weight excluding hydrogens is 399 g/mol. The summed E-state index contributed by atoms with van der Waals surface area (Å²) in [4.78, 5) is 14.8. The zero-order valence-electron chi connectivity index (χ0n) is 16.9. The van der Waals surface area contributed by atoms with Crippen molar-refractivity contribution in [3.8, 4) is 11.5 Å². The van der Waals surface area contributed by atoms with Gasteiger partial charge < -0.3 is 14.4 Å². The Morgan fingerprint density at radius 3 is 2.70 bits per heavy atom. The smallest absolute Gasteiger partial charge is 0.435 e. The molecule has 2 aromatic rings. The molecule has 2 heterocycles. The highest BCUT2D eigenvalue weighted by Crippen LogP contribution is 2.34. The molecule has 0 spiro atoms. The van der Waals surface area contributed by atoms with E-state index >= 15 is 0 Å². The number of hydrogen-bond donors (Lipinski definition) is 0. The molecule has 6 nitrogen and oxygen atoms in total. The molecule has 9 heteroatoms. The number of alkyl halides is 3. The van der Waals surface area contributed by atoms with Gasteiger partial charge in [-0.3, -0.25) is 9.48 Å². The number of ether oxygens (including phenoxy) is 2. The van der Waals surface area contributed by atoms with Crippen molar-refractivity contribution in [2.45, 2.75) is 31.5 Å². The lowest BCUT2D eigenvalue weighted by Crippen LogP contribution is -2.41. The fraction of sp³-hybridized carbons (Fsp3) is 0.429. The molecule has 1 amide bonds. The Labute approximate surface area is 172 Å². The number of likely N-dealkylation sites (tertiary alicyclic amines) is 1. The minimum atomic E-state index is -4.49. The van der Waals surface area contributed by atoms with E-state index in [1.165, 1.54) is 25.1 Å². The molecule has 1 saturated heterocycles. The standard InChI is InChI=1S/C21H24F3N3O3/c1-4-6-14-11-15(12-17(29-2)19(14)30-3)20(28)26-9-5-7-16(13-26)27-10-8-18(25-27)21(22,23)24/h4,8,10-12,16H,1,5-7,9,13H2,2-3H3. The van der Waals surface area contributed by atoms with Crippen molar-refractivity contribution in [1.82, 2.24) is 14.7 Å². The van der Waals surface area contributed by atoms with Gasteiger partial charge in [0.25, 0.3) is 5.91 Å². The van der Waals surface area contributed by atoms with Gasteiger partial charge in [-0.1, -0.05) is 6.08 Å². The average molecular weight is 423 g/mol. The number of methoxy groups -OCH3 is 2. The van der Waals surface area contributed by atoms with Crippen LogP contribution in [0.1, 0.15) is 40.5 Å². The van der Waals surface area contributed by atoms with Crippen molar-refractivity contribution in [2.24, 2.45) is 0 Å². The predicted molar refractivity (Wildman–Crippen MR) is 105 cm³/mol. The van der Waals surface area contributed by atoms with Crippen LogP contribution in [0.4, 0.5) is 13.2 Å². The van der Waals surface area contributed by atoms with Gasteiger partial charge in [0.05, 0.1) is 20.3 Å². The summed E-state index contributed by atoms with van der Waals surface area (Å²) in [6.45, 7) is 4.53. The molecule has 162 valence electrons. The molecule has 0 saturated carbocycles. The topological polar surface area (TPSA) is 56.6 Å². The van der Waals surface area contributed by atoms with E-state index in [2.05, 4.69) is 11.7 Å². The Morgan fingerprint density at radius 1 is 1.33 bits per heavy atom. The summed E-state index contributed by atoms with van der Waals surface area (Å²) >= 11 is 0. The minimum absolute atomic E-state index is 0.214. The van der Waals surface area contributed by atoms with Crippen LogP contribution in [0.3, 0.4) is 0 Å². The number of halogens is 3. The summed E-state index contributed by atoms with van der Waals surface area (Å²) in [5.41, 5.74) is 0.271. The number of carbonyl (C=O) groups excluding carboxylic acids is 1. The molecule has 1 aliphatic rings. The van der Waals surface area contributed by atoms with Gasteiger partial charge in [-0.2, -0.15) is 18.3 Å². The highest BCUT2D eigenvalue weighted by Gasteiger charge is 2.35. The second-order valence-electron chi connectivity index (χ2n) is 7.09. The Morgan fingerprint density at radius 2 is 2.10 bits per heavy atom. The van der Waals surface area contributed by atoms with E-state index in [9.17, 15) is 18.0 Å². The van der Waals surface area contributed by atoms with Crippen LogP contribution in [0, 0.1) is 0 Å². The van der Waals surface area contributed by atoms with Gasteiger partial charge in [-0.15, -0.1) is 6.58 Å². The SMILES string of the molecule is C=CCc1cc(C(=O)N2CCCC(n3ccc(C(F)(F)F)n3)C2)cc(OC)c1OC. The minimum Gasteiger partial charge on any atom is -0.493 e. The first kappa shape index (κ1) is 21.7. The van der Waals surface area contributed by atoms with Crippen molar-refractivity contribution >= 4 is 5.91 Å². The number of carbonyl (C=O) groups is 1. The van der Waals surface area contributed by atoms with Crippen molar-refractivity contribution in [2.75, 3.05) is 27.3 Å². The van der Waals surface area contributed by atoms with Crippen LogP contribution in [0.15, 0.2) is 37.1 Å². The van der Waals surface area contributed by atoms with Crippen molar-refractivity contribution in [3.63, 3.8) is 0 Å². The quantitative estimate of drug-likeness (QED) is 0.656. The van der Waals surface area contributed by atoms with Gasteiger partial charge in [0, 0.05) is 30.4 Å². The molecule has 1 aliphatic heterocycles. The van der Waals surface area contributed by atoms with Crippen LogP contribution in [0.25, 0.3) is 0 Å². The molecule has 1 fully saturated rings. The van der Waals surface area contributed by atoms with Crippen LogP contribution >= 0.6 is 0 Å². The first-order valence-electron chi connectivity index (χ1n) is 9.56. The summed E-state index contributed by atoms with van der Waals surface area (Å²) < 4.78 is 50.7. The molecule has 3 rings (SSSR count). The Kier molecular flexibility index (Phi) is 6.38. The highest BCUT2D eigenvalue weighted by atomic mass is 19.4. The number of aromatic nitrogens is 2. The van der Waals surface area contributed by atoms with Gasteiger partial charge in [0.15, 0.2) is 17.2 Å². The van der Waals surface area contributed by atoms with Gasteiger partial charge in [-0.25, -0.2) is 0 Å². The Balaban J connectivity index is 1.83. The molecule has 0 N–H and O–H groups in total. The first-order chi connectivity index (χ1) is 14.3.